The van der Waals surface area contributed by atoms with Crippen LogP contribution < -0.4 is 5.43 Å². The molecule has 1 aromatic heterocycles. The molecule has 0 saturated heterocycles. The van der Waals surface area contributed by atoms with Gasteiger partial charge < -0.3 is 9.88 Å². The smallest absolute Gasteiger partial charge is 0.259 e. The summed E-state index contributed by atoms with van der Waals surface area (Å²) in [4.78, 5) is 28.9. The highest BCUT2D eigenvalue weighted by molar-refractivity contribution is 5.94. The minimum atomic E-state index is -0.211. The Morgan fingerprint density at radius 1 is 1.35 bits per heavy atom. The van der Waals surface area contributed by atoms with Crippen molar-refractivity contribution >= 4 is 5.91 Å². The Labute approximate surface area is 119 Å². The zero-order valence-electron chi connectivity index (χ0n) is 12.6. The predicted molar refractivity (Wildman–Crippen MR) is 79.9 cm³/mol. The molecule has 0 atom stereocenters. The van der Waals surface area contributed by atoms with Crippen LogP contribution in [0.3, 0.4) is 0 Å². The number of hydrogen-bond donors (Lipinski definition) is 1. The molecule has 20 heavy (non-hydrogen) atoms. The fourth-order valence-electron chi connectivity index (χ4n) is 2.45. The number of nitrogens with one attached hydrogen (secondary N) is 1. The molecule has 4 nitrogen and oxygen atoms in total. The Balaban J connectivity index is 2.17. The lowest BCUT2D eigenvalue weighted by Crippen LogP contribution is -2.38. The number of H-pyrrole nitrogens is 1. The predicted octanol–water partition coefficient (Wildman–Crippen LogP) is 2.50. The van der Waals surface area contributed by atoms with Crippen molar-refractivity contribution in [2.45, 2.75) is 34.1 Å². The second-order valence-electron chi connectivity index (χ2n) is 6.37. The molecule has 0 spiro atoms. The number of hydrogen-bond acceptors (Lipinski definition) is 2. The summed E-state index contributed by atoms with van der Waals surface area (Å²) in [6, 6.07) is 1.47. The molecule has 0 bridgehead atoms. The van der Waals surface area contributed by atoms with Crippen molar-refractivity contribution < 1.29 is 4.79 Å². The summed E-state index contributed by atoms with van der Waals surface area (Å²) >= 11 is 0. The minimum Gasteiger partial charge on any atom is -0.364 e. The van der Waals surface area contributed by atoms with E-state index < -0.39 is 0 Å². The van der Waals surface area contributed by atoms with E-state index >= 15 is 0 Å². The van der Waals surface area contributed by atoms with Crippen LogP contribution in [0.4, 0.5) is 0 Å². The fraction of sp³-hybridized carbons (Fsp3) is 0.500. The summed E-state index contributed by atoms with van der Waals surface area (Å²) in [6.45, 7) is 9.60. The van der Waals surface area contributed by atoms with Crippen LogP contribution in [-0.4, -0.2) is 28.9 Å². The number of carbonyl (C=O) groups is 1. The second kappa shape index (κ2) is 5.27. The van der Waals surface area contributed by atoms with Crippen molar-refractivity contribution in [3.05, 3.63) is 45.4 Å². The quantitative estimate of drug-likeness (QED) is 0.800. The maximum Gasteiger partial charge on any atom is 0.259 e. The van der Waals surface area contributed by atoms with Gasteiger partial charge in [-0.2, -0.15) is 0 Å². The molecule has 0 aliphatic carbocycles. The molecule has 1 amide bonds. The first kappa shape index (κ1) is 14.6. The molecule has 0 radical (unpaired) electrons. The molecule has 1 aliphatic rings. The van der Waals surface area contributed by atoms with Crippen molar-refractivity contribution in [2.24, 2.45) is 5.41 Å². The molecule has 1 aromatic rings. The van der Waals surface area contributed by atoms with E-state index in [1.54, 1.807) is 11.8 Å². The van der Waals surface area contributed by atoms with Crippen molar-refractivity contribution in [1.29, 1.82) is 0 Å². The Morgan fingerprint density at radius 2 is 2.05 bits per heavy atom. The van der Waals surface area contributed by atoms with E-state index in [-0.39, 0.29) is 22.3 Å². The number of pyridine rings is 1. The number of aryl methyl sites for hydroxylation is 1. The van der Waals surface area contributed by atoms with Crippen LogP contribution in [0.5, 0.6) is 0 Å². The van der Waals surface area contributed by atoms with Crippen LogP contribution in [0.2, 0.25) is 0 Å². The maximum atomic E-state index is 12.4. The molecule has 2 heterocycles. The van der Waals surface area contributed by atoms with Gasteiger partial charge >= 0.3 is 0 Å². The number of aromatic amines is 1. The molecular weight excluding hydrogens is 252 g/mol. The van der Waals surface area contributed by atoms with Gasteiger partial charge in [-0.25, -0.2) is 0 Å². The summed E-state index contributed by atoms with van der Waals surface area (Å²) < 4.78 is 0. The van der Waals surface area contributed by atoms with Crippen molar-refractivity contribution in [1.82, 2.24) is 9.88 Å². The van der Waals surface area contributed by atoms with Gasteiger partial charge in [0.2, 0.25) is 0 Å². The average molecular weight is 274 g/mol. The highest BCUT2D eigenvalue weighted by Crippen LogP contribution is 2.30. The summed E-state index contributed by atoms with van der Waals surface area (Å²) in [7, 11) is 0. The Morgan fingerprint density at radius 3 is 2.55 bits per heavy atom. The van der Waals surface area contributed by atoms with Gasteiger partial charge in [0, 0.05) is 31.0 Å². The molecule has 1 N–H and O–H groups in total. The normalized spacial score (nSPS) is 16.0. The highest BCUT2D eigenvalue weighted by Gasteiger charge is 2.25. The van der Waals surface area contributed by atoms with E-state index in [0.717, 1.165) is 12.1 Å². The summed E-state index contributed by atoms with van der Waals surface area (Å²) in [5.74, 6) is -0.185. The topological polar surface area (TPSA) is 53.2 Å². The van der Waals surface area contributed by atoms with Gasteiger partial charge in [-0.3, -0.25) is 9.59 Å². The molecule has 0 saturated carbocycles. The molecule has 0 aromatic carbocycles. The van der Waals surface area contributed by atoms with Crippen LogP contribution in [0.15, 0.2) is 28.7 Å². The molecule has 2 rings (SSSR count). The SMILES string of the molecule is Cc1cc(=O)c(C(=O)N2CC=C(C(C)(C)C)CC2)c[nH]1. The van der Waals surface area contributed by atoms with Gasteiger partial charge in [0.15, 0.2) is 5.43 Å². The van der Waals surface area contributed by atoms with E-state index in [9.17, 15) is 9.59 Å². The van der Waals surface area contributed by atoms with E-state index in [0.29, 0.717) is 13.1 Å². The Kier molecular flexibility index (Phi) is 3.84. The lowest BCUT2D eigenvalue weighted by atomic mass is 9.83. The van der Waals surface area contributed by atoms with Gasteiger partial charge in [-0.1, -0.05) is 32.4 Å². The van der Waals surface area contributed by atoms with E-state index in [2.05, 4.69) is 31.8 Å². The van der Waals surface area contributed by atoms with E-state index in [1.807, 2.05) is 0 Å². The lowest BCUT2D eigenvalue weighted by Gasteiger charge is -2.32. The zero-order chi connectivity index (χ0) is 14.9. The zero-order valence-corrected chi connectivity index (χ0v) is 12.6. The van der Waals surface area contributed by atoms with E-state index in [1.165, 1.54) is 17.8 Å². The number of carbonyl (C=O) groups excluding carboxylic acids is 1. The summed E-state index contributed by atoms with van der Waals surface area (Å²) in [5, 5.41) is 0. The number of nitrogens with zero attached hydrogens (tertiary/aromatic N) is 1. The Bertz CT molecular complexity index is 606. The third-order valence-electron chi connectivity index (χ3n) is 3.75. The van der Waals surface area contributed by atoms with Gasteiger partial charge in [0.25, 0.3) is 5.91 Å². The van der Waals surface area contributed by atoms with Crippen LogP contribution in [0.1, 0.15) is 43.2 Å². The molecule has 0 unspecified atom stereocenters. The molecule has 108 valence electrons. The van der Waals surface area contributed by atoms with Crippen molar-refractivity contribution in [2.75, 3.05) is 13.1 Å². The first-order chi connectivity index (χ1) is 9.29. The summed E-state index contributed by atoms with van der Waals surface area (Å²) in [6.07, 6.45) is 4.51. The van der Waals surface area contributed by atoms with Gasteiger partial charge in [-0.15, -0.1) is 0 Å². The molecule has 4 heteroatoms. The second-order valence-corrected chi connectivity index (χ2v) is 6.37. The van der Waals surface area contributed by atoms with Gasteiger partial charge in [-0.05, 0) is 18.8 Å². The van der Waals surface area contributed by atoms with Crippen molar-refractivity contribution in [3.63, 3.8) is 0 Å². The van der Waals surface area contributed by atoms with Crippen molar-refractivity contribution in [3.8, 4) is 0 Å². The molecule has 1 aliphatic heterocycles. The first-order valence-electron chi connectivity index (χ1n) is 6.97. The van der Waals surface area contributed by atoms with Crippen LogP contribution >= 0.6 is 0 Å². The monoisotopic (exact) mass is 274 g/mol. The summed E-state index contributed by atoms with van der Waals surface area (Å²) in [5.41, 5.74) is 2.30. The van der Waals surface area contributed by atoms with Gasteiger partial charge in [0.1, 0.15) is 5.56 Å². The third-order valence-corrected chi connectivity index (χ3v) is 3.75. The van der Waals surface area contributed by atoms with Crippen LogP contribution in [0, 0.1) is 12.3 Å². The number of aromatic nitrogens is 1. The third kappa shape index (κ3) is 3.00. The maximum absolute atomic E-state index is 12.4. The standard InChI is InChI=1S/C16H22N2O2/c1-11-9-14(19)13(10-17-11)15(20)18-7-5-12(6-8-18)16(2,3)4/h5,9-10H,6-8H2,1-4H3,(H,17,19). The average Bonchev–Trinajstić information content (AvgIpc) is 2.37. The van der Waals surface area contributed by atoms with Crippen LogP contribution in [0.25, 0.3) is 0 Å². The van der Waals surface area contributed by atoms with Gasteiger partial charge in [0.05, 0.1) is 0 Å². The highest BCUT2D eigenvalue weighted by atomic mass is 16.2. The van der Waals surface area contributed by atoms with E-state index in [4.69, 9.17) is 0 Å². The number of amides is 1. The molecular formula is C16H22N2O2. The first-order valence-corrected chi connectivity index (χ1v) is 6.97. The largest absolute Gasteiger partial charge is 0.364 e. The minimum absolute atomic E-state index is 0.149. The Hall–Kier alpha value is -1.84. The number of rotatable bonds is 1. The lowest BCUT2D eigenvalue weighted by molar-refractivity contribution is 0.0763. The molecule has 0 fully saturated rings. The van der Waals surface area contributed by atoms with Crippen LogP contribution in [-0.2, 0) is 0 Å². The fourth-order valence-corrected chi connectivity index (χ4v) is 2.45.